The van der Waals surface area contributed by atoms with E-state index in [1.165, 1.54) is 0 Å². The van der Waals surface area contributed by atoms with Crippen molar-refractivity contribution in [3.63, 3.8) is 0 Å². The number of hydrazone groups is 2. The summed E-state index contributed by atoms with van der Waals surface area (Å²) in [4.78, 5) is 20.0. The highest BCUT2D eigenvalue weighted by Crippen LogP contribution is 1.96. The van der Waals surface area contributed by atoms with E-state index in [-0.39, 0.29) is 11.9 Å². The van der Waals surface area contributed by atoms with Gasteiger partial charge in [0.1, 0.15) is 10.2 Å². The van der Waals surface area contributed by atoms with E-state index in [0.717, 1.165) is 0 Å². The minimum absolute atomic E-state index is 0.288. The van der Waals surface area contributed by atoms with Crippen molar-refractivity contribution in [3.8, 4) is 0 Å². The second kappa shape index (κ2) is 6.28. The third kappa shape index (κ3) is 5.07. The predicted molar refractivity (Wildman–Crippen MR) is 62.1 cm³/mol. The highest BCUT2D eigenvalue weighted by molar-refractivity contribution is 5.90. The summed E-state index contributed by atoms with van der Waals surface area (Å²) in [5.41, 5.74) is 10.2. The molecule has 0 amide bonds. The second-order valence-corrected chi connectivity index (χ2v) is 2.74. The van der Waals surface area contributed by atoms with Gasteiger partial charge in [-0.1, -0.05) is 0 Å². The van der Waals surface area contributed by atoms with Crippen molar-refractivity contribution in [1.29, 1.82) is 0 Å². The van der Waals surface area contributed by atoms with Crippen LogP contribution in [-0.2, 0) is 0 Å². The first kappa shape index (κ1) is 14.3. The van der Waals surface area contributed by atoms with Crippen LogP contribution >= 0.6 is 0 Å². The average molecular weight is 286 g/mol. The molecule has 0 fully saturated rings. The van der Waals surface area contributed by atoms with Crippen LogP contribution in [0.5, 0.6) is 0 Å². The fourth-order valence-corrected chi connectivity index (χ4v) is 0.784. The van der Waals surface area contributed by atoms with E-state index in [4.69, 9.17) is 11.5 Å². The van der Waals surface area contributed by atoms with E-state index in [9.17, 15) is 20.2 Å². The molecule has 0 atom stereocenters. The highest BCUT2D eigenvalue weighted by Gasteiger charge is 2.07. The van der Waals surface area contributed by atoms with Crippen molar-refractivity contribution in [3.05, 3.63) is 20.2 Å². The van der Waals surface area contributed by atoms with E-state index in [0.29, 0.717) is 0 Å². The zero-order chi connectivity index (χ0) is 15.1. The molecule has 16 nitrogen and oxygen atoms in total. The van der Waals surface area contributed by atoms with Gasteiger partial charge in [-0.05, 0) is 0 Å². The summed E-state index contributed by atoms with van der Waals surface area (Å²) in [5.74, 6) is -1.76. The van der Waals surface area contributed by atoms with Gasteiger partial charge in [0, 0.05) is 0 Å². The van der Waals surface area contributed by atoms with Crippen LogP contribution in [0.3, 0.4) is 0 Å². The number of guanidine groups is 2. The fraction of sp³-hybridized carbons (Fsp3) is 0. The standard InChI is InChI=1S/C4H6N12O4/c5-1(13-15(17)18)7-3-9-11-4(12-10-3)8-2(6)14-16(19)20/h(H3,5,7,9,10,13)(H3,6,8,11,12,14). The Morgan fingerprint density at radius 1 is 0.900 bits per heavy atom. The Morgan fingerprint density at radius 2 is 1.20 bits per heavy atom. The lowest BCUT2D eigenvalue weighted by molar-refractivity contribution is -0.485. The molecule has 6 N–H and O–H groups in total. The van der Waals surface area contributed by atoms with Gasteiger partial charge >= 0.3 is 0 Å². The summed E-state index contributed by atoms with van der Waals surface area (Å²) in [6, 6.07) is 0. The quantitative estimate of drug-likeness (QED) is 0.188. The molecule has 0 aliphatic rings. The Morgan fingerprint density at radius 3 is 1.45 bits per heavy atom. The van der Waals surface area contributed by atoms with Gasteiger partial charge in [-0.2, -0.15) is 0 Å². The Bertz CT molecular complexity index is 512. The van der Waals surface area contributed by atoms with Crippen molar-refractivity contribution in [1.82, 2.24) is 20.4 Å². The molecule has 16 heteroatoms. The van der Waals surface area contributed by atoms with Crippen LogP contribution in [0, 0.1) is 20.2 Å². The molecule has 106 valence electrons. The molecule has 20 heavy (non-hydrogen) atoms. The summed E-state index contributed by atoms with van der Waals surface area (Å²) < 4.78 is 0. The van der Waals surface area contributed by atoms with Gasteiger partial charge in [-0.3, -0.25) is 10.6 Å². The van der Waals surface area contributed by atoms with Crippen LogP contribution < -0.4 is 22.1 Å². The molecule has 0 aliphatic heterocycles. The van der Waals surface area contributed by atoms with Gasteiger partial charge < -0.3 is 11.5 Å². The van der Waals surface area contributed by atoms with E-state index in [1.54, 1.807) is 0 Å². The lowest BCUT2D eigenvalue weighted by atomic mass is 10.8. The molecule has 0 saturated heterocycles. The first-order chi connectivity index (χ1) is 9.36. The molecule has 0 radical (unpaired) electrons. The minimum atomic E-state index is -1.03. The topological polar surface area (TPSA) is 239 Å². The van der Waals surface area contributed by atoms with Gasteiger partial charge in [0.25, 0.3) is 23.8 Å². The lowest BCUT2D eigenvalue weighted by Crippen LogP contribution is -2.27. The molecule has 1 aromatic heterocycles. The van der Waals surface area contributed by atoms with Gasteiger partial charge in [0.05, 0.1) is 0 Å². The van der Waals surface area contributed by atoms with Crippen LogP contribution in [-0.4, -0.2) is 42.4 Å². The number of nitrogens with two attached hydrogens (primary N) is 2. The Balaban J connectivity index is 2.70. The monoisotopic (exact) mass is 286 g/mol. The van der Waals surface area contributed by atoms with E-state index in [1.807, 2.05) is 0 Å². The molecule has 0 unspecified atom stereocenters. The number of aromatic nitrogens is 4. The van der Waals surface area contributed by atoms with Crippen LogP contribution in [0.4, 0.5) is 11.9 Å². The normalized spacial score (nSPS) is 11.8. The van der Waals surface area contributed by atoms with Gasteiger partial charge in [-0.15, -0.1) is 20.4 Å². The van der Waals surface area contributed by atoms with Gasteiger partial charge in [-0.25, -0.2) is 20.2 Å². The summed E-state index contributed by atoms with van der Waals surface area (Å²) in [6.45, 7) is 0. The van der Waals surface area contributed by atoms with E-state index in [2.05, 4.69) is 41.2 Å². The maximum absolute atomic E-state index is 10.00. The molecule has 0 spiro atoms. The highest BCUT2D eigenvalue weighted by atomic mass is 16.7. The third-order valence-electron chi connectivity index (χ3n) is 1.34. The summed E-state index contributed by atoms with van der Waals surface area (Å²) in [5, 5.41) is 41.2. The number of nitrogens with one attached hydrogen (secondary N) is 2. The number of nitro groups is 2. The number of hydrogen-bond donors (Lipinski definition) is 4. The largest absolute Gasteiger partial charge is 0.364 e. The number of nitrogens with zero attached hydrogens (tertiary/aromatic N) is 8. The molecular weight excluding hydrogens is 280 g/mol. The number of hydrogen-bond acceptors (Lipinski definition) is 8. The number of rotatable bonds is 4. The van der Waals surface area contributed by atoms with Gasteiger partial charge in [0.15, 0.2) is 10.1 Å². The molecule has 0 bridgehead atoms. The van der Waals surface area contributed by atoms with Crippen molar-refractivity contribution < 1.29 is 10.1 Å². The van der Waals surface area contributed by atoms with Crippen molar-refractivity contribution in [2.24, 2.45) is 21.7 Å². The summed E-state index contributed by atoms with van der Waals surface area (Å²) in [7, 11) is 0. The lowest BCUT2D eigenvalue weighted by Gasteiger charge is -2.01. The first-order valence-electron chi connectivity index (χ1n) is 4.45. The van der Waals surface area contributed by atoms with E-state index >= 15 is 0 Å². The summed E-state index contributed by atoms with van der Waals surface area (Å²) in [6.07, 6.45) is 0. The zero-order valence-corrected chi connectivity index (χ0v) is 9.37. The fourth-order valence-electron chi connectivity index (χ4n) is 0.784. The van der Waals surface area contributed by atoms with Crippen LogP contribution in [0.25, 0.3) is 0 Å². The average Bonchev–Trinajstić information content (AvgIpc) is 2.29. The van der Waals surface area contributed by atoms with Crippen LogP contribution in [0.15, 0.2) is 10.2 Å². The molecule has 1 aromatic rings. The molecule has 0 saturated carbocycles. The van der Waals surface area contributed by atoms with Crippen molar-refractivity contribution in [2.75, 3.05) is 10.6 Å². The SMILES string of the molecule is N/C(=N\[N+](=O)[O-])Nc1nnc(N/C(N)=N/[N+](=O)[O-])nn1. The smallest absolute Gasteiger partial charge is 0.273 e. The van der Waals surface area contributed by atoms with Crippen LogP contribution in [0.1, 0.15) is 0 Å². The summed E-state index contributed by atoms with van der Waals surface area (Å²) >= 11 is 0. The van der Waals surface area contributed by atoms with Gasteiger partial charge in [0.2, 0.25) is 0 Å². The Hall–Kier alpha value is -3.72. The maximum atomic E-state index is 10.00. The molecular formula is C4H6N12O4. The predicted octanol–water partition coefficient (Wildman–Crippen LogP) is -2.90. The second-order valence-electron chi connectivity index (χ2n) is 2.74. The molecule has 0 aromatic carbocycles. The van der Waals surface area contributed by atoms with E-state index < -0.39 is 22.0 Å². The zero-order valence-electron chi connectivity index (χ0n) is 9.37. The number of anilines is 2. The van der Waals surface area contributed by atoms with Crippen molar-refractivity contribution >= 4 is 23.8 Å². The minimum Gasteiger partial charge on any atom is -0.364 e. The third-order valence-corrected chi connectivity index (χ3v) is 1.34. The maximum Gasteiger partial charge on any atom is 0.273 e. The molecule has 1 heterocycles. The Labute approximate surface area is 108 Å². The van der Waals surface area contributed by atoms with Crippen LogP contribution in [0.2, 0.25) is 0 Å². The Kier molecular flexibility index (Phi) is 4.50. The molecule has 1 rings (SSSR count). The first-order valence-corrected chi connectivity index (χ1v) is 4.45. The molecule has 0 aliphatic carbocycles. The van der Waals surface area contributed by atoms with Crippen molar-refractivity contribution in [2.45, 2.75) is 0 Å².